The topological polar surface area (TPSA) is 70.7 Å². The van der Waals surface area contributed by atoms with Crippen molar-refractivity contribution < 1.29 is 13.6 Å². The first-order chi connectivity index (χ1) is 10.6. The van der Waals surface area contributed by atoms with Gasteiger partial charge >= 0.3 is 0 Å². The standard InChI is InChI=1S/C15H10F2N4O/c16-11-4-10(5-12(17)7-11)15(22)20-13-3-1-2-9(6-13)14-18-8-19-21-14/h1-8H,(H,20,22)(H,18,19,21). The number of benzene rings is 2. The van der Waals surface area contributed by atoms with Crippen LogP contribution in [0.3, 0.4) is 0 Å². The van der Waals surface area contributed by atoms with Crippen molar-refractivity contribution in [3.8, 4) is 11.4 Å². The van der Waals surface area contributed by atoms with Crippen LogP contribution in [0.4, 0.5) is 14.5 Å². The summed E-state index contributed by atoms with van der Waals surface area (Å²) < 4.78 is 26.3. The van der Waals surface area contributed by atoms with E-state index >= 15 is 0 Å². The fourth-order valence-electron chi connectivity index (χ4n) is 1.98. The molecule has 5 nitrogen and oxygen atoms in total. The van der Waals surface area contributed by atoms with Gasteiger partial charge in [0.15, 0.2) is 5.82 Å². The molecule has 1 aromatic heterocycles. The average Bonchev–Trinajstić information content (AvgIpc) is 3.00. The Morgan fingerprint density at radius 1 is 1.09 bits per heavy atom. The largest absolute Gasteiger partial charge is 0.322 e. The average molecular weight is 300 g/mol. The molecule has 0 radical (unpaired) electrons. The van der Waals surface area contributed by atoms with Gasteiger partial charge in [-0.05, 0) is 24.3 Å². The molecule has 1 heterocycles. The van der Waals surface area contributed by atoms with Crippen molar-refractivity contribution >= 4 is 11.6 Å². The van der Waals surface area contributed by atoms with Crippen LogP contribution in [0.25, 0.3) is 11.4 Å². The number of amides is 1. The van der Waals surface area contributed by atoms with E-state index in [0.717, 1.165) is 17.7 Å². The summed E-state index contributed by atoms with van der Waals surface area (Å²) in [6.07, 6.45) is 1.37. The quantitative estimate of drug-likeness (QED) is 0.781. The Labute approximate surface area is 124 Å². The number of carbonyl (C=O) groups is 1. The van der Waals surface area contributed by atoms with E-state index in [1.165, 1.54) is 6.33 Å². The van der Waals surface area contributed by atoms with E-state index in [0.29, 0.717) is 17.6 Å². The lowest BCUT2D eigenvalue weighted by Gasteiger charge is -2.07. The molecule has 0 spiro atoms. The van der Waals surface area contributed by atoms with Crippen LogP contribution in [-0.4, -0.2) is 21.1 Å². The molecule has 3 rings (SSSR count). The SMILES string of the molecule is O=C(Nc1cccc(-c2ncn[nH]2)c1)c1cc(F)cc(F)c1. The van der Waals surface area contributed by atoms with Crippen molar-refractivity contribution in [2.45, 2.75) is 0 Å². The number of nitrogens with zero attached hydrogens (tertiary/aromatic N) is 2. The molecule has 2 N–H and O–H groups in total. The molecule has 0 fully saturated rings. The lowest BCUT2D eigenvalue weighted by Crippen LogP contribution is -2.12. The zero-order valence-electron chi connectivity index (χ0n) is 11.2. The van der Waals surface area contributed by atoms with Gasteiger partial charge in [-0.1, -0.05) is 12.1 Å². The van der Waals surface area contributed by atoms with Gasteiger partial charge < -0.3 is 5.32 Å². The van der Waals surface area contributed by atoms with Crippen LogP contribution in [0, 0.1) is 11.6 Å². The lowest BCUT2D eigenvalue weighted by molar-refractivity contribution is 0.102. The van der Waals surface area contributed by atoms with E-state index in [-0.39, 0.29) is 5.56 Å². The Hall–Kier alpha value is -3.09. The molecule has 110 valence electrons. The van der Waals surface area contributed by atoms with Crippen molar-refractivity contribution in [2.24, 2.45) is 0 Å². The van der Waals surface area contributed by atoms with Gasteiger partial charge in [-0.25, -0.2) is 13.8 Å². The molecule has 2 aromatic carbocycles. The van der Waals surface area contributed by atoms with Crippen LogP contribution in [0.2, 0.25) is 0 Å². The van der Waals surface area contributed by atoms with Crippen molar-refractivity contribution in [3.63, 3.8) is 0 Å². The number of carbonyl (C=O) groups excluding carboxylic acids is 1. The minimum Gasteiger partial charge on any atom is -0.322 e. The summed E-state index contributed by atoms with van der Waals surface area (Å²) >= 11 is 0. The van der Waals surface area contributed by atoms with Crippen LogP contribution in [0.1, 0.15) is 10.4 Å². The number of nitrogens with one attached hydrogen (secondary N) is 2. The predicted octanol–water partition coefficient (Wildman–Crippen LogP) is 3.00. The fraction of sp³-hybridized carbons (Fsp3) is 0. The fourth-order valence-corrected chi connectivity index (χ4v) is 1.98. The Morgan fingerprint density at radius 3 is 2.55 bits per heavy atom. The van der Waals surface area contributed by atoms with Crippen molar-refractivity contribution in [1.29, 1.82) is 0 Å². The van der Waals surface area contributed by atoms with Gasteiger partial charge in [0.2, 0.25) is 0 Å². The monoisotopic (exact) mass is 300 g/mol. The van der Waals surface area contributed by atoms with Gasteiger partial charge in [0.25, 0.3) is 5.91 Å². The zero-order chi connectivity index (χ0) is 15.5. The molecular formula is C15H10F2N4O. The number of hydrogen-bond acceptors (Lipinski definition) is 3. The minimum atomic E-state index is -0.805. The van der Waals surface area contributed by atoms with Crippen LogP contribution < -0.4 is 5.32 Å². The van der Waals surface area contributed by atoms with Crippen LogP contribution in [0.5, 0.6) is 0 Å². The molecule has 0 aliphatic rings. The van der Waals surface area contributed by atoms with Crippen molar-refractivity contribution in [3.05, 3.63) is 66.0 Å². The van der Waals surface area contributed by atoms with E-state index in [1.54, 1.807) is 24.3 Å². The molecule has 22 heavy (non-hydrogen) atoms. The molecule has 7 heteroatoms. The molecule has 1 amide bonds. The van der Waals surface area contributed by atoms with Gasteiger partial charge in [-0.2, -0.15) is 5.10 Å². The Morgan fingerprint density at radius 2 is 1.86 bits per heavy atom. The van der Waals surface area contributed by atoms with Crippen molar-refractivity contribution in [2.75, 3.05) is 5.32 Å². The smallest absolute Gasteiger partial charge is 0.255 e. The number of halogens is 2. The second kappa shape index (κ2) is 5.72. The van der Waals surface area contributed by atoms with E-state index in [1.807, 2.05) is 0 Å². The van der Waals surface area contributed by atoms with E-state index in [2.05, 4.69) is 20.5 Å². The summed E-state index contributed by atoms with van der Waals surface area (Å²) in [7, 11) is 0. The van der Waals surface area contributed by atoms with Gasteiger partial charge in [-0.3, -0.25) is 9.89 Å². The molecule has 0 atom stereocenters. The summed E-state index contributed by atoms with van der Waals surface area (Å²) in [6, 6.07) is 9.50. The molecule has 0 bridgehead atoms. The van der Waals surface area contributed by atoms with Crippen LogP contribution >= 0.6 is 0 Å². The van der Waals surface area contributed by atoms with Gasteiger partial charge in [0.05, 0.1) is 0 Å². The molecule has 0 aliphatic heterocycles. The Balaban J connectivity index is 1.84. The first kappa shape index (κ1) is 13.9. The third-order valence-electron chi connectivity index (χ3n) is 2.93. The predicted molar refractivity (Wildman–Crippen MR) is 76.1 cm³/mol. The van der Waals surface area contributed by atoms with Crippen LogP contribution in [-0.2, 0) is 0 Å². The number of aromatic amines is 1. The first-order valence-electron chi connectivity index (χ1n) is 6.35. The van der Waals surface area contributed by atoms with Crippen LogP contribution in [0.15, 0.2) is 48.8 Å². The second-order valence-electron chi connectivity index (χ2n) is 4.53. The number of aromatic nitrogens is 3. The zero-order valence-corrected chi connectivity index (χ0v) is 11.2. The van der Waals surface area contributed by atoms with Gasteiger partial charge in [0, 0.05) is 22.9 Å². The summed E-state index contributed by atoms with van der Waals surface area (Å²) in [5, 5.41) is 9.04. The second-order valence-corrected chi connectivity index (χ2v) is 4.53. The molecule has 0 unspecified atom stereocenters. The highest BCUT2D eigenvalue weighted by atomic mass is 19.1. The van der Waals surface area contributed by atoms with E-state index < -0.39 is 17.5 Å². The Bertz CT molecular complexity index is 798. The number of H-pyrrole nitrogens is 1. The Kier molecular flexibility index (Phi) is 3.61. The maximum atomic E-state index is 13.1. The first-order valence-corrected chi connectivity index (χ1v) is 6.35. The highest BCUT2D eigenvalue weighted by Gasteiger charge is 2.10. The highest BCUT2D eigenvalue weighted by molar-refractivity contribution is 6.04. The normalized spacial score (nSPS) is 10.5. The van der Waals surface area contributed by atoms with Crippen molar-refractivity contribution in [1.82, 2.24) is 15.2 Å². The molecule has 3 aromatic rings. The summed E-state index contributed by atoms with van der Waals surface area (Å²) in [6.45, 7) is 0. The van der Waals surface area contributed by atoms with E-state index in [9.17, 15) is 13.6 Å². The summed E-state index contributed by atoms with van der Waals surface area (Å²) in [5.74, 6) is -1.66. The minimum absolute atomic E-state index is 0.0948. The number of hydrogen-bond donors (Lipinski definition) is 2. The van der Waals surface area contributed by atoms with E-state index in [4.69, 9.17) is 0 Å². The highest BCUT2D eigenvalue weighted by Crippen LogP contribution is 2.19. The third-order valence-corrected chi connectivity index (χ3v) is 2.93. The van der Waals surface area contributed by atoms with Gasteiger partial charge in [0.1, 0.15) is 18.0 Å². The maximum Gasteiger partial charge on any atom is 0.255 e. The number of anilines is 1. The molecule has 0 saturated carbocycles. The maximum absolute atomic E-state index is 13.1. The summed E-state index contributed by atoms with van der Waals surface area (Å²) in [5.41, 5.74) is 1.10. The molecular weight excluding hydrogens is 290 g/mol. The third kappa shape index (κ3) is 2.98. The number of rotatable bonds is 3. The molecule has 0 saturated heterocycles. The lowest BCUT2D eigenvalue weighted by atomic mass is 10.1. The van der Waals surface area contributed by atoms with Gasteiger partial charge in [-0.15, -0.1) is 0 Å². The summed E-state index contributed by atoms with van der Waals surface area (Å²) in [4.78, 5) is 16.0. The molecule has 0 aliphatic carbocycles.